The Morgan fingerprint density at radius 2 is 1.68 bits per heavy atom. The molecule has 1 spiro atoms. The van der Waals surface area contributed by atoms with E-state index < -0.39 is 5.54 Å². The first-order chi connectivity index (χ1) is 19.5. The fourth-order valence-corrected chi connectivity index (χ4v) is 5.98. The molecule has 3 aromatic rings. The monoisotopic (exact) mass is 540 g/mol. The Bertz CT molecular complexity index is 1300. The SMILES string of the molecule is CCN(CC)C(=O)c1cccc(Cc2ccccc2OCCN2CCC3(CC2)C(=O)NCN3c2ccccc2)c1. The normalized spacial score (nSPS) is 16.6. The molecular formula is C33H40N4O3. The maximum absolute atomic E-state index is 12.9. The molecule has 1 N–H and O–H groups in total. The van der Waals surface area contributed by atoms with Crippen LogP contribution in [-0.4, -0.2) is 73.2 Å². The zero-order valence-corrected chi connectivity index (χ0v) is 23.6. The van der Waals surface area contributed by atoms with Gasteiger partial charge in [-0.3, -0.25) is 14.5 Å². The van der Waals surface area contributed by atoms with Crippen molar-refractivity contribution in [2.75, 3.05) is 50.9 Å². The molecule has 0 aliphatic carbocycles. The summed E-state index contributed by atoms with van der Waals surface area (Å²) >= 11 is 0. The molecule has 0 unspecified atom stereocenters. The van der Waals surface area contributed by atoms with Crippen molar-refractivity contribution >= 4 is 17.5 Å². The molecule has 5 rings (SSSR count). The van der Waals surface area contributed by atoms with Crippen molar-refractivity contribution in [1.29, 1.82) is 0 Å². The molecule has 2 amide bonds. The van der Waals surface area contributed by atoms with Crippen LogP contribution in [0.5, 0.6) is 5.75 Å². The van der Waals surface area contributed by atoms with Gasteiger partial charge in [-0.25, -0.2) is 0 Å². The number of amides is 2. The number of anilines is 1. The van der Waals surface area contributed by atoms with Crippen molar-refractivity contribution < 1.29 is 14.3 Å². The number of ether oxygens (including phenoxy) is 1. The molecule has 7 nitrogen and oxygen atoms in total. The standard InChI is InChI=1S/C33H40N4O3/c1-3-36(4-2)31(38)28-13-10-11-26(24-28)23-27-12-8-9-16-30(27)40-22-21-35-19-17-33(18-20-35)32(39)34-25-37(33)29-14-6-5-7-15-29/h5-16,24H,3-4,17-23,25H2,1-2H3,(H,34,39). The van der Waals surface area contributed by atoms with Gasteiger partial charge in [0, 0.05) is 50.4 Å². The van der Waals surface area contributed by atoms with E-state index in [-0.39, 0.29) is 11.8 Å². The summed E-state index contributed by atoms with van der Waals surface area (Å²) < 4.78 is 6.28. The van der Waals surface area contributed by atoms with Crippen LogP contribution in [0.2, 0.25) is 0 Å². The third kappa shape index (κ3) is 5.85. The van der Waals surface area contributed by atoms with Gasteiger partial charge in [0.05, 0.1) is 6.67 Å². The Morgan fingerprint density at radius 1 is 0.950 bits per heavy atom. The van der Waals surface area contributed by atoms with Gasteiger partial charge in [-0.1, -0.05) is 48.5 Å². The average Bonchev–Trinajstić information content (AvgIpc) is 3.31. The van der Waals surface area contributed by atoms with Crippen LogP contribution in [-0.2, 0) is 11.2 Å². The summed E-state index contributed by atoms with van der Waals surface area (Å²) in [6.45, 7) is 9.08. The van der Waals surface area contributed by atoms with Crippen molar-refractivity contribution in [2.24, 2.45) is 0 Å². The minimum absolute atomic E-state index is 0.0710. The van der Waals surface area contributed by atoms with E-state index in [9.17, 15) is 9.59 Å². The number of benzene rings is 3. The van der Waals surface area contributed by atoms with Gasteiger partial charge in [0.2, 0.25) is 5.91 Å². The highest BCUT2D eigenvalue weighted by Gasteiger charge is 2.50. The molecule has 40 heavy (non-hydrogen) atoms. The van der Waals surface area contributed by atoms with E-state index in [1.54, 1.807) is 0 Å². The lowest BCUT2D eigenvalue weighted by molar-refractivity contribution is -0.125. The molecule has 210 valence electrons. The number of rotatable bonds is 10. The minimum atomic E-state index is -0.466. The van der Waals surface area contributed by atoms with Gasteiger partial charge in [0.25, 0.3) is 5.91 Å². The number of nitrogens with one attached hydrogen (secondary N) is 1. The fourth-order valence-electron chi connectivity index (χ4n) is 5.98. The number of nitrogens with zero attached hydrogens (tertiary/aromatic N) is 3. The summed E-state index contributed by atoms with van der Waals surface area (Å²) in [5, 5.41) is 3.08. The summed E-state index contributed by atoms with van der Waals surface area (Å²) in [6, 6.07) is 26.3. The van der Waals surface area contributed by atoms with E-state index in [1.165, 1.54) is 0 Å². The highest BCUT2D eigenvalue weighted by Crippen LogP contribution is 2.36. The number of carbonyl (C=O) groups excluding carboxylic acids is 2. The predicted molar refractivity (Wildman–Crippen MR) is 159 cm³/mol. The van der Waals surface area contributed by atoms with Gasteiger partial charge in [0.15, 0.2) is 0 Å². The average molecular weight is 541 g/mol. The van der Waals surface area contributed by atoms with Gasteiger partial charge < -0.3 is 19.9 Å². The van der Waals surface area contributed by atoms with Gasteiger partial charge in [-0.15, -0.1) is 0 Å². The predicted octanol–water partition coefficient (Wildman–Crippen LogP) is 4.57. The van der Waals surface area contributed by atoms with Crippen LogP contribution in [0.1, 0.15) is 48.2 Å². The van der Waals surface area contributed by atoms with Gasteiger partial charge in [-0.05, 0) is 68.1 Å². The molecule has 3 aromatic carbocycles. The Kier molecular flexibility index (Phi) is 8.70. The van der Waals surface area contributed by atoms with Gasteiger partial charge in [0.1, 0.15) is 17.9 Å². The van der Waals surface area contributed by atoms with Gasteiger partial charge in [-0.2, -0.15) is 0 Å². The molecule has 0 bridgehead atoms. The minimum Gasteiger partial charge on any atom is -0.492 e. The van der Waals surface area contributed by atoms with Crippen LogP contribution in [0.15, 0.2) is 78.9 Å². The molecule has 2 heterocycles. The lowest BCUT2D eigenvalue weighted by Crippen LogP contribution is -2.56. The summed E-state index contributed by atoms with van der Waals surface area (Å²) in [5.41, 5.74) is 3.55. The van der Waals surface area contributed by atoms with Gasteiger partial charge >= 0.3 is 0 Å². The number of hydrogen-bond acceptors (Lipinski definition) is 5. The summed E-state index contributed by atoms with van der Waals surface area (Å²) in [6.07, 6.45) is 2.30. The lowest BCUT2D eigenvalue weighted by Gasteiger charge is -2.43. The van der Waals surface area contributed by atoms with E-state index in [0.717, 1.165) is 60.6 Å². The van der Waals surface area contributed by atoms with E-state index >= 15 is 0 Å². The van der Waals surface area contributed by atoms with Crippen LogP contribution < -0.4 is 15.0 Å². The third-order valence-electron chi connectivity index (χ3n) is 8.35. The van der Waals surface area contributed by atoms with Crippen molar-refractivity contribution in [2.45, 2.75) is 38.6 Å². The van der Waals surface area contributed by atoms with Crippen molar-refractivity contribution in [3.63, 3.8) is 0 Å². The van der Waals surface area contributed by atoms with E-state index in [4.69, 9.17) is 4.74 Å². The smallest absolute Gasteiger partial charge is 0.253 e. The molecule has 2 saturated heterocycles. The molecule has 7 heteroatoms. The number of likely N-dealkylation sites (tertiary alicyclic amines) is 1. The Morgan fingerprint density at radius 3 is 2.42 bits per heavy atom. The number of hydrogen-bond donors (Lipinski definition) is 1. The number of piperidine rings is 1. The number of carbonyl (C=O) groups is 2. The maximum Gasteiger partial charge on any atom is 0.253 e. The van der Waals surface area contributed by atoms with E-state index in [0.29, 0.717) is 32.8 Å². The van der Waals surface area contributed by atoms with Crippen LogP contribution in [0.25, 0.3) is 0 Å². The Balaban J connectivity index is 1.17. The first-order valence-corrected chi connectivity index (χ1v) is 14.5. The molecule has 2 aliphatic rings. The number of para-hydroxylation sites is 2. The van der Waals surface area contributed by atoms with Crippen LogP contribution in [0.3, 0.4) is 0 Å². The zero-order chi connectivity index (χ0) is 28.0. The lowest BCUT2D eigenvalue weighted by atomic mass is 9.85. The summed E-state index contributed by atoms with van der Waals surface area (Å²) in [5.74, 6) is 1.09. The molecule has 2 fully saturated rings. The second kappa shape index (κ2) is 12.6. The summed E-state index contributed by atoms with van der Waals surface area (Å²) in [4.78, 5) is 32.2. The largest absolute Gasteiger partial charge is 0.492 e. The second-order valence-corrected chi connectivity index (χ2v) is 10.6. The highest BCUT2D eigenvalue weighted by atomic mass is 16.5. The Hall–Kier alpha value is -3.84. The first-order valence-electron chi connectivity index (χ1n) is 14.5. The van der Waals surface area contributed by atoms with Crippen LogP contribution in [0.4, 0.5) is 5.69 Å². The third-order valence-corrected chi connectivity index (χ3v) is 8.35. The van der Waals surface area contributed by atoms with Crippen LogP contribution in [0, 0.1) is 0 Å². The molecule has 0 atom stereocenters. The fraction of sp³-hybridized carbons (Fsp3) is 0.394. The molecule has 0 aromatic heterocycles. The quantitative estimate of drug-likeness (QED) is 0.408. The van der Waals surface area contributed by atoms with Crippen molar-refractivity contribution in [3.05, 3.63) is 95.6 Å². The van der Waals surface area contributed by atoms with E-state index in [1.807, 2.05) is 73.3 Å². The van der Waals surface area contributed by atoms with Crippen molar-refractivity contribution in [1.82, 2.24) is 15.1 Å². The summed E-state index contributed by atoms with van der Waals surface area (Å²) in [7, 11) is 0. The Labute approximate surface area is 237 Å². The molecule has 2 aliphatic heterocycles. The molecule has 0 radical (unpaired) electrons. The molecule has 0 saturated carbocycles. The zero-order valence-electron chi connectivity index (χ0n) is 23.6. The highest BCUT2D eigenvalue weighted by molar-refractivity contribution is 5.94. The van der Waals surface area contributed by atoms with E-state index in [2.05, 4.69) is 39.4 Å². The van der Waals surface area contributed by atoms with Crippen LogP contribution >= 0.6 is 0 Å². The second-order valence-electron chi connectivity index (χ2n) is 10.6. The first kappa shape index (κ1) is 27.7. The molecular weight excluding hydrogens is 500 g/mol. The maximum atomic E-state index is 12.9. The van der Waals surface area contributed by atoms with Crippen molar-refractivity contribution in [3.8, 4) is 5.75 Å². The topological polar surface area (TPSA) is 65.1 Å².